The number of esters is 1. The molecule has 0 amide bonds. The molecule has 0 aliphatic rings. The summed E-state index contributed by atoms with van der Waals surface area (Å²) in [6.07, 6.45) is 0.748. The van der Waals surface area contributed by atoms with Gasteiger partial charge in [0, 0.05) is 25.4 Å². The van der Waals surface area contributed by atoms with Crippen LogP contribution in [0.15, 0.2) is 12.2 Å². The van der Waals surface area contributed by atoms with Crippen LogP contribution in [0.3, 0.4) is 0 Å². The smallest absolute Gasteiger partial charge is 0.332 e. The monoisotopic (exact) mass is 360 g/mol. The third-order valence-corrected chi connectivity index (χ3v) is 3.55. The van der Waals surface area contributed by atoms with Gasteiger partial charge >= 0.3 is 17.9 Å². The molecule has 0 aromatic rings. The van der Waals surface area contributed by atoms with Crippen LogP contribution in [0, 0.1) is 5.41 Å². The Labute approximate surface area is 147 Å². The van der Waals surface area contributed by atoms with Crippen molar-refractivity contribution in [1.29, 1.82) is 0 Å². The van der Waals surface area contributed by atoms with E-state index in [0.717, 1.165) is 12.8 Å². The average molecular weight is 360 g/mol. The quantitative estimate of drug-likeness (QED) is 0.258. The summed E-state index contributed by atoms with van der Waals surface area (Å²) < 4.78 is 15.4. The van der Waals surface area contributed by atoms with Gasteiger partial charge in [-0.3, -0.25) is 9.59 Å². The van der Waals surface area contributed by atoms with E-state index in [1.54, 1.807) is 0 Å². The van der Waals surface area contributed by atoms with Gasteiger partial charge in [-0.2, -0.15) is 0 Å². The highest BCUT2D eigenvalue weighted by atomic mass is 16.6. The van der Waals surface area contributed by atoms with Crippen LogP contribution in [0.5, 0.6) is 0 Å². The number of hydrogen-bond acceptors (Lipinski definition) is 6. The molecule has 0 aromatic carbocycles. The number of carboxylic acid groups (broad SMARTS) is 2. The number of aliphatic carboxylic acids is 2. The molecular formula is C17H28O8. The van der Waals surface area contributed by atoms with Gasteiger partial charge in [0.2, 0.25) is 0 Å². The number of rotatable bonds is 15. The molecule has 0 aliphatic carbocycles. The Morgan fingerprint density at radius 3 is 1.96 bits per heavy atom. The minimum absolute atomic E-state index is 0.000664. The molecular weight excluding hydrogens is 332 g/mol. The van der Waals surface area contributed by atoms with Crippen molar-refractivity contribution in [3.05, 3.63) is 12.2 Å². The molecule has 0 bridgehead atoms. The molecule has 2 N–H and O–H groups in total. The Morgan fingerprint density at radius 1 is 0.920 bits per heavy atom. The summed E-state index contributed by atoms with van der Waals surface area (Å²) in [4.78, 5) is 35.0. The van der Waals surface area contributed by atoms with E-state index in [9.17, 15) is 24.6 Å². The van der Waals surface area contributed by atoms with Crippen molar-refractivity contribution in [2.24, 2.45) is 5.41 Å². The highest BCUT2D eigenvalue weighted by molar-refractivity contribution is 5.98. The van der Waals surface area contributed by atoms with Crippen LogP contribution >= 0.6 is 0 Å². The summed E-state index contributed by atoms with van der Waals surface area (Å²) in [7, 11) is 0. The Hall–Kier alpha value is -1.93. The lowest BCUT2D eigenvalue weighted by atomic mass is 9.75. The lowest BCUT2D eigenvalue weighted by Crippen LogP contribution is -2.39. The third kappa shape index (κ3) is 8.13. The lowest BCUT2D eigenvalue weighted by molar-refractivity contribution is -0.159. The highest BCUT2D eigenvalue weighted by Crippen LogP contribution is 2.36. The van der Waals surface area contributed by atoms with Crippen LogP contribution < -0.4 is 0 Å². The van der Waals surface area contributed by atoms with Gasteiger partial charge in [0.05, 0.1) is 13.0 Å². The maximum atomic E-state index is 12.0. The zero-order chi connectivity index (χ0) is 19.3. The molecule has 8 heteroatoms. The van der Waals surface area contributed by atoms with E-state index in [0.29, 0.717) is 13.2 Å². The average Bonchev–Trinajstić information content (AvgIpc) is 2.56. The molecule has 144 valence electrons. The van der Waals surface area contributed by atoms with Crippen LogP contribution in [0.1, 0.15) is 39.5 Å². The number of carboxylic acids is 2. The lowest BCUT2D eigenvalue weighted by Gasteiger charge is -2.28. The van der Waals surface area contributed by atoms with Gasteiger partial charge in [0.1, 0.15) is 12.0 Å². The molecule has 0 saturated heterocycles. The van der Waals surface area contributed by atoms with Gasteiger partial charge in [-0.05, 0) is 19.3 Å². The Kier molecular flexibility index (Phi) is 11.5. The fourth-order valence-corrected chi connectivity index (χ4v) is 2.11. The highest BCUT2D eigenvalue weighted by Gasteiger charge is 2.46. The van der Waals surface area contributed by atoms with Gasteiger partial charge in [-0.1, -0.05) is 20.4 Å². The fourth-order valence-electron chi connectivity index (χ4n) is 2.11. The fraction of sp³-hybridized carbons (Fsp3) is 0.706. The number of ether oxygens (including phenoxy) is 3. The normalized spacial score (nSPS) is 13.0. The molecule has 0 rings (SSSR count). The van der Waals surface area contributed by atoms with E-state index >= 15 is 0 Å². The first-order chi connectivity index (χ1) is 11.8. The van der Waals surface area contributed by atoms with E-state index in [4.69, 9.17) is 14.2 Å². The predicted molar refractivity (Wildman–Crippen MR) is 89.3 cm³/mol. The minimum atomic E-state index is -1.97. The van der Waals surface area contributed by atoms with Crippen molar-refractivity contribution >= 4 is 17.9 Å². The largest absolute Gasteiger partial charge is 0.481 e. The Balaban J connectivity index is 4.96. The first-order valence-electron chi connectivity index (χ1n) is 8.29. The van der Waals surface area contributed by atoms with Crippen LogP contribution in [-0.2, 0) is 28.6 Å². The van der Waals surface area contributed by atoms with Crippen LogP contribution in [0.25, 0.3) is 0 Å². The van der Waals surface area contributed by atoms with Crippen molar-refractivity contribution in [2.75, 3.05) is 33.0 Å². The van der Waals surface area contributed by atoms with Gasteiger partial charge in [-0.25, -0.2) is 4.79 Å². The Bertz CT molecular complexity index is 460. The second-order valence-corrected chi connectivity index (χ2v) is 5.54. The molecule has 8 nitrogen and oxygen atoms in total. The number of carbonyl (C=O) groups excluding carboxylic acids is 1. The van der Waals surface area contributed by atoms with E-state index in [2.05, 4.69) is 6.58 Å². The standard InChI is InChI=1S/C17H28O8/c1-4-7-23-9-6-17(16(21)22,13(3)15(19)20)12-14(18)25-11-10-24-8-5-2/h3-12H2,1-2H3,(H,19,20)(H,21,22). The van der Waals surface area contributed by atoms with Crippen molar-refractivity contribution in [3.8, 4) is 0 Å². The molecule has 0 heterocycles. The van der Waals surface area contributed by atoms with E-state index in [-0.39, 0.29) is 26.2 Å². The first kappa shape index (κ1) is 23.1. The van der Waals surface area contributed by atoms with Crippen molar-refractivity contribution in [2.45, 2.75) is 39.5 Å². The third-order valence-electron chi connectivity index (χ3n) is 3.55. The molecule has 0 fully saturated rings. The topological polar surface area (TPSA) is 119 Å². The number of hydrogen-bond donors (Lipinski definition) is 2. The molecule has 1 unspecified atom stereocenters. The zero-order valence-electron chi connectivity index (χ0n) is 14.9. The molecule has 1 atom stereocenters. The van der Waals surface area contributed by atoms with Gasteiger partial charge in [0.15, 0.2) is 0 Å². The number of carbonyl (C=O) groups is 3. The van der Waals surface area contributed by atoms with E-state index < -0.39 is 35.3 Å². The van der Waals surface area contributed by atoms with Gasteiger partial charge < -0.3 is 24.4 Å². The molecule has 25 heavy (non-hydrogen) atoms. The molecule has 0 aliphatic heterocycles. The Morgan fingerprint density at radius 2 is 1.48 bits per heavy atom. The molecule has 0 radical (unpaired) electrons. The van der Waals surface area contributed by atoms with E-state index in [1.165, 1.54) is 0 Å². The van der Waals surface area contributed by atoms with Crippen LogP contribution in [0.2, 0.25) is 0 Å². The molecule has 0 saturated carbocycles. The first-order valence-corrected chi connectivity index (χ1v) is 8.29. The molecule has 0 spiro atoms. The molecule has 0 aromatic heterocycles. The zero-order valence-corrected chi connectivity index (χ0v) is 14.9. The minimum Gasteiger partial charge on any atom is -0.481 e. The van der Waals surface area contributed by atoms with Crippen LogP contribution in [-0.4, -0.2) is 61.2 Å². The summed E-state index contributed by atoms with van der Waals surface area (Å²) in [5, 5.41) is 18.8. The van der Waals surface area contributed by atoms with Gasteiger partial charge in [0.25, 0.3) is 0 Å². The van der Waals surface area contributed by atoms with Crippen molar-refractivity contribution in [1.82, 2.24) is 0 Å². The summed E-state index contributed by atoms with van der Waals surface area (Å²) >= 11 is 0. The van der Waals surface area contributed by atoms with Gasteiger partial charge in [-0.15, -0.1) is 0 Å². The summed E-state index contributed by atoms with van der Waals surface area (Å²) in [6.45, 7) is 8.28. The van der Waals surface area contributed by atoms with Crippen LogP contribution in [0.4, 0.5) is 0 Å². The summed E-state index contributed by atoms with van der Waals surface area (Å²) in [6, 6.07) is 0. The van der Waals surface area contributed by atoms with Crippen molar-refractivity contribution in [3.63, 3.8) is 0 Å². The second kappa shape index (κ2) is 12.4. The maximum Gasteiger partial charge on any atom is 0.332 e. The summed E-state index contributed by atoms with van der Waals surface area (Å²) in [5.74, 6) is -3.74. The van der Waals surface area contributed by atoms with E-state index in [1.807, 2.05) is 13.8 Å². The second-order valence-electron chi connectivity index (χ2n) is 5.54. The maximum absolute atomic E-state index is 12.0. The predicted octanol–water partition coefficient (Wildman–Crippen LogP) is 1.87. The summed E-state index contributed by atoms with van der Waals surface area (Å²) in [5.41, 5.74) is -2.54. The SMILES string of the molecule is C=C(C(=O)O)C(CCOCCC)(CC(=O)OCCOCCC)C(=O)O. The van der Waals surface area contributed by atoms with Crippen molar-refractivity contribution < 1.29 is 38.8 Å².